The van der Waals surface area contributed by atoms with E-state index in [1.165, 1.54) is 0 Å². The Morgan fingerprint density at radius 1 is 1.59 bits per heavy atom. The van der Waals surface area contributed by atoms with Crippen LogP contribution in [0.4, 0.5) is 11.4 Å². The SMILES string of the molecule is C=CCC(C)Nc1cc(N)ccc1C(=O)NC. The minimum absolute atomic E-state index is 0.127. The smallest absolute Gasteiger partial charge is 0.253 e. The van der Waals surface area contributed by atoms with E-state index < -0.39 is 0 Å². The Bertz CT molecular complexity index is 415. The third-order valence-electron chi connectivity index (χ3n) is 2.44. The van der Waals surface area contributed by atoms with Crippen molar-refractivity contribution in [2.45, 2.75) is 19.4 Å². The summed E-state index contributed by atoms with van der Waals surface area (Å²) in [6, 6.07) is 5.41. The predicted octanol–water partition coefficient (Wildman–Crippen LogP) is 2.00. The Balaban J connectivity index is 2.98. The number of hydrogen-bond donors (Lipinski definition) is 3. The zero-order valence-corrected chi connectivity index (χ0v) is 10.3. The summed E-state index contributed by atoms with van der Waals surface area (Å²) in [5, 5.41) is 5.86. The highest BCUT2D eigenvalue weighted by atomic mass is 16.1. The fraction of sp³-hybridized carbons (Fsp3) is 0.308. The summed E-state index contributed by atoms with van der Waals surface area (Å²) < 4.78 is 0. The molecule has 4 heteroatoms. The monoisotopic (exact) mass is 233 g/mol. The van der Waals surface area contributed by atoms with Gasteiger partial charge in [-0.25, -0.2) is 0 Å². The Morgan fingerprint density at radius 2 is 2.29 bits per heavy atom. The van der Waals surface area contributed by atoms with Crippen LogP contribution in [0.2, 0.25) is 0 Å². The summed E-state index contributed by atoms with van der Waals surface area (Å²) in [6.45, 7) is 5.72. The van der Waals surface area contributed by atoms with E-state index in [0.29, 0.717) is 11.3 Å². The second-order valence-corrected chi connectivity index (χ2v) is 3.95. The first-order chi connectivity index (χ1) is 8.08. The summed E-state index contributed by atoms with van der Waals surface area (Å²) in [5.41, 5.74) is 7.70. The molecule has 0 spiro atoms. The summed E-state index contributed by atoms with van der Waals surface area (Å²) in [5.74, 6) is -0.127. The Kier molecular flexibility index (Phi) is 4.57. The number of anilines is 2. The number of carbonyl (C=O) groups excluding carboxylic acids is 1. The van der Waals surface area contributed by atoms with Gasteiger partial charge in [0.2, 0.25) is 0 Å². The predicted molar refractivity (Wildman–Crippen MR) is 72.1 cm³/mol. The molecule has 4 N–H and O–H groups in total. The molecule has 0 bridgehead atoms. The molecule has 1 atom stereocenters. The van der Waals surface area contributed by atoms with Crippen molar-refractivity contribution in [3.8, 4) is 0 Å². The Labute approximate surface area is 102 Å². The van der Waals surface area contributed by atoms with Gasteiger partial charge in [-0.1, -0.05) is 6.08 Å². The Hall–Kier alpha value is -1.97. The highest BCUT2D eigenvalue weighted by Crippen LogP contribution is 2.20. The lowest BCUT2D eigenvalue weighted by molar-refractivity contribution is 0.0964. The molecule has 1 rings (SSSR count). The van der Waals surface area contributed by atoms with E-state index >= 15 is 0 Å². The fourth-order valence-corrected chi connectivity index (χ4v) is 1.59. The number of benzene rings is 1. The number of amides is 1. The highest BCUT2D eigenvalue weighted by Gasteiger charge is 2.11. The summed E-state index contributed by atoms with van der Waals surface area (Å²) in [7, 11) is 1.61. The first kappa shape index (κ1) is 13.1. The van der Waals surface area contributed by atoms with Crippen LogP contribution in [0, 0.1) is 0 Å². The van der Waals surface area contributed by atoms with Crippen molar-refractivity contribution in [3.05, 3.63) is 36.4 Å². The highest BCUT2D eigenvalue weighted by molar-refractivity contribution is 6.00. The van der Waals surface area contributed by atoms with Crippen molar-refractivity contribution < 1.29 is 4.79 Å². The zero-order chi connectivity index (χ0) is 12.8. The molecule has 0 saturated heterocycles. The molecule has 92 valence electrons. The van der Waals surface area contributed by atoms with Crippen LogP contribution in [0.3, 0.4) is 0 Å². The molecule has 0 saturated carbocycles. The average molecular weight is 233 g/mol. The largest absolute Gasteiger partial charge is 0.399 e. The molecule has 4 nitrogen and oxygen atoms in total. The standard InChI is InChI=1S/C13H19N3O/c1-4-5-9(2)16-12-8-10(14)6-7-11(12)13(17)15-3/h4,6-9,16H,1,5,14H2,2-3H3,(H,15,17). The molecule has 0 aliphatic heterocycles. The zero-order valence-electron chi connectivity index (χ0n) is 10.3. The first-order valence-corrected chi connectivity index (χ1v) is 5.57. The summed E-state index contributed by atoms with van der Waals surface area (Å²) in [4.78, 5) is 11.7. The van der Waals surface area contributed by atoms with Gasteiger partial charge in [-0.05, 0) is 31.5 Å². The molecule has 0 heterocycles. The van der Waals surface area contributed by atoms with E-state index in [2.05, 4.69) is 17.2 Å². The van der Waals surface area contributed by atoms with E-state index in [4.69, 9.17) is 5.73 Å². The van der Waals surface area contributed by atoms with Gasteiger partial charge >= 0.3 is 0 Å². The molecule has 1 amide bonds. The van der Waals surface area contributed by atoms with Crippen LogP contribution in [0.15, 0.2) is 30.9 Å². The molecular weight excluding hydrogens is 214 g/mol. The number of carbonyl (C=O) groups is 1. The van der Waals surface area contributed by atoms with E-state index in [0.717, 1.165) is 12.1 Å². The maximum atomic E-state index is 11.7. The maximum absolute atomic E-state index is 11.7. The second-order valence-electron chi connectivity index (χ2n) is 3.95. The van der Waals surface area contributed by atoms with Gasteiger partial charge in [0.1, 0.15) is 0 Å². The normalized spacial score (nSPS) is 11.6. The molecule has 1 unspecified atom stereocenters. The first-order valence-electron chi connectivity index (χ1n) is 5.57. The van der Waals surface area contributed by atoms with Gasteiger partial charge in [-0.3, -0.25) is 4.79 Å². The molecule has 0 radical (unpaired) electrons. The molecule has 0 aliphatic carbocycles. The van der Waals surface area contributed by atoms with E-state index in [1.807, 2.05) is 13.0 Å². The van der Waals surface area contributed by atoms with Crippen molar-refractivity contribution in [2.75, 3.05) is 18.1 Å². The van der Waals surface area contributed by atoms with Crippen LogP contribution in [0.25, 0.3) is 0 Å². The number of nitrogens with one attached hydrogen (secondary N) is 2. The van der Waals surface area contributed by atoms with Gasteiger partial charge in [0.25, 0.3) is 5.91 Å². The molecule has 1 aromatic rings. The van der Waals surface area contributed by atoms with Gasteiger partial charge in [0, 0.05) is 24.5 Å². The number of nitrogens with two attached hydrogens (primary N) is 1. The third kappa shape index (κ3) is 3.52. The second kappa shape index (κ2) is 5.94. The molecule has 1 aromatic carbocycles. The van der Waals surface area contributed by atoms with Crippen molar-refractivity contribution in [1.29, 1.82) is 0 Å². The lowest BCUT2D eigenvalue weighted by atomic mass is 10.1. The van der Waals surface area contributed by atoms with Crippen molar-refractivity contribution in [1.82, 2.24) is 5.32 Å². The lowest BCUT2D eigenvalue weighted by Crippen LogP contribution is -2.22. The van der Waals surface area contributed by atoms with E-state index in [1.54, 1.807) is 25.2 Å². The molecule has 0 fully saturated rings. The molecule has 0 aliphatic rings. The van der Waals surface area contributed by atoms with Gasteiger partial charge in [0.05, 0.1) is 5.56 Å². The van der Waals surface area contributed by atoms with Gasteiger partial charge in [-0.2, -0.15) is 0 Å². The summed E-state index contributed by atoms with van der Waals surface area (Å²) in [6.07, 6.45) is 2.66. The van der Waals surface area contributed by atoms with Crippen LogP contribution in [0.1, 0.15) is 23.7 Å². The van der Waals surface area contributed by atoms with Crippen molar-refractivity contribution in [3.63, 3.8) is 0 Å². The number of rotatable bonds is 5. The minimum Gasteiger partial charge on any atom is -0.399 e. The van der Waals surface area contributed by atoms with Crippen LogP contribution in [-0.2, 0) is 0 Å². The quantitative estimate of drug-likeness (QED) is 0.538. The van der Waals surface area contributed by atoms with Gasteiger partial charge in [-0.15, -0.1) is 6.58 Å². The maximum Gasteiger partial charge on any atom is 0.253 e. The van der Waals surface area contributed by atoms with Gasteiger partial charge < -0.3 is 16.4 Å². The van der Waals surface area contributed by atoms with Crippen molar-refractivity contribution >= 4 is 17.3 Å². The molecule has 17 heavy (non-hydrogen) atoms. The summed E-state index contributed by atoms with van der Waals surface area (Å²) >= 11 is 0. The fourth-order valence-electron chi connectivity index (χ4n) is 1.59. The minimum atomic E-state index is -0.127. The van der Waals surface area contributed by atoms with Gasteiger partial charge in [0.15, 0.2) is 0 Å². The van der Waals surface area contributed by atoms with Crippen LogP contribution in [-0.4, -0.2) is 19.0 Å². The van der Waals surface area contributed by atoms with Crippen molar-refractivity contribution in [2.24, 2.45) is 0 Å². The average Bonchev–Trinajstić information content (AvgIpc) is 2.28. The topological polar surface area (TPSA) is 67.1 Å². The molecule has 0 aromatic heterocycles. The van der Waals surface area contributed by atoms with E-state index in [9.17, 15) is 4.79 Å². The van der Waals surface area contributed by atoms with Crippen LogP contribution >= 0.6 is 0 Å². The van der Waals surface area contributed by atoms with Crippen LogP contribution < -0.4 is 16.4 Å². The third-order valence-corrected chi connectivity index (χ3v) is 2.44. The van der Waals surface area contributed by atoms with E-state index in [-0.39, 0.29) is 11.9 Å². The lowest BCUT2D eigenvalue weighted by Gasteiger charge is -2.16. The number of hydrogen-bond acceptors (Lipinski definition) is 3. The molecular formula is C13H19N3O. The number of nitrogen functional groups attached to an aromatic ring is 1. The van der Waals surface area contributed by atoms with Crippen LogP contribution in [0.5, 0.6) is 0 Å². The Morgan fingerprint density at radius 3 is 2.88 bits per heavy atom.